The minimum atomic E-state index is -4.94. The van der Waals surface area contributed by atoms with Crippen LogP contribution in [-0.2, 0) is 20.7 Å². The summed E-state index contributed by atoms with van der Waals surface area (Å²) in [5.41, 5.74) is 1.04. The van der Waals surface area contributed by atoms with Gasteiger partial charge in [-0.15, -0.1) is 0 Å². The highest BCUT2D eigenvalue weighted by Crippen LogP contribution is 2.33. The van der Waals surface area contributed by atoms with Gasteiger partial charge >= 0.3 is 6.18 Å². The predicted molar refractivity (Wildman–Crippen MR) is 113 cm³/mol. The highest BCUT2D eigenvalue weighted by atomic mass is 19.4. The van der Waals surface area contributed by atoms with Crippen LogP contribution in [0.25, 0.3) is 11.1 Å². The lowest BCUT2D eigenvalue weighted by molar-refractivity contribution is -0.244. The first-order valence-corrected chi connectivity index (χ1v) is 10.4. The SMILES string of the molecule is CC(=O)N[C@H]1[C@H](Oc2ccccc2-c2cccc(CC(=O)C(F)(F)F)c2)O[C@H](CO)[C@H](O)[C@@H]1O. The quantitative estimate of drug-likeness (QED) is 0.469. The molecule has 3 rings (SSSR count). The molecule has 1 heterocycles. The van der Waals surface area contributed by atoms with E-state index in [-0.39, 0.29) is 11.3 Å². The molecule has 11 heteroatoms. The van der Waals surface area contributed by atoms with E-state index >= 15 is 0 Å². The zero-order valence-electron chi connectivity index (χ0n) is 18.0. The molecule has 0 radical (unpaired) electrons. The Morgan fingerprint density at radius 3 is 2.44 bits per heavy atom. The number of nitrogens with one attached hydrogen (secondary N) is 1. The lowest BCUT2D eigenvalue weighted by atomic mass is 9.96. The minimum Gasteiger partial charge on any atom is -0.462 e. The summed E-state index contributed by atoms with van der Waals surface area (Å²) in [7, 11) is 0. The van der Waals surface area contributed by atoms with Crippen molar-refractivity contribution in [1.82, 2.24) is 5.32 Å². The summed E-state index contributed by atoms with van der Waals surface area (Å²) in [6, 6.07) is 11.2. The second-order valence-electron chi connectivity index (χ2n) is 7.85. The molecule has 2 aromatic rings. The Morgan fingerprint density at radius 1 is 1.09 bits per heavy atom. The van der Waals surface area contributed by atoms with Gasteiger partial charge in [-0.1, -0.05) is 42.5 Å². The molecular weight excluding hydrogens is 459 g/mol. The molecule has 5 atom stereocenters. The molecule has 0 aliphatic carbocycles. The molecular formula is C23H24F3NO7. The number of benzene rings is 2. The van der Waals surface area contributed by atoms with Crippen LogP contribution < -0.4 is 10.1 Å². The number of rotatable bonds is 7. The monoisotopic (exact) mass is 483 g/mol. The maximum absolute atomic E-state index is 12.7. The number of aliphatic hydroxyl groups is 3. The first-order chi connectivity index (χ1) is 16.0. The molecule has 2 aromatic carbocycles. The second-order valence-corrected chi connectivity index (χ2v) is 7.85. The summed E-state index contributed by atoms with van der Waals surface area (Å²) in [6.45, 7) is 0.581. The molecule has 1 amide bonds. The summed E-state index contributed by atoms with van der Waals surface area (Å²) in [6.07, 6.45) is -11.3. The third-order valence-corrected chi connectivity index (χ3v) is 5.30. The number of halogens is 3. The van der Waals surface area contributed by atoms with Gasteiger partial charge in [0.2, 0.25) is 18.0 Å². The van der Waals surface area contributed by atoms with Crippen LogP contribution >= 0.6 is 0 Å². The predicted octanol–water partition coefficient (Wildman–Crippen LogP) is 1.35. The number of carbonyl (C=O) groups is 2. The third kappa shape index (κ3) is 5.92. The fraction of sp³-hybridized carbons (Fsp3) is 0.391. The van der Waals surface area contributed by atoms with Crippen molar-refractivity contribution >= 4 is 11.7 Å². The maximum atomic E-state index is 12.7. The van der Waals surface area contributed by atoms with E-state index in [0.717, 1.165) is 0 Å². The van der Waals surface area contributed by atoms with E-state index in [4.69, 9.17) is 9.47 Å². The molecule has 1 aliphatic rings. The van der Waals surface area contributed by atoms with Crippen LogP contribution in [0.1, 0.15) is 12.5 Å². The van der Waals surface area contributed by atoms with E-state index in [0.29, 0.717) is 11.1 Å². The topological polar surface area (TPSA) is 125 Å². The Labute approximate surface area is 192 Å². The number of Topliss-reactive ketones (excluding diaryl/α,β-unsaturated/α-hetero) is 1. The van der Waals surface area contributed by atoms with Crippen molar-refractivity contribution < 1.29 is 47.6 Å². The van der Waals surface area contributed by atoms with E-state index in [9.17, 15) is 38.1 Å². The highest BCUT2D eigenvalue weighted by molar-refractivity contribution is 5.86. The van der Waals surface area contributed by atoms with Crippen LogP contribution in [0.15, 0.2) is 48.5 Å². The maximum Gasteiger partial charge on any atom is 0.450 e. The summed E-state index contributed by atoms with van der Waals surface area (Å²) in [5.74, 6) is -2.20. The van der Waals surface area contributed by atoms with E-state index in [1.807, 2.05) is 0 Å². The summed E-state index contributed by atoms with van der Waals surface area (Å²) < 4.78 is 49.5. The van der Waals surface area contributed by atoms with Gasteiger partial charge in [-0.2, -0.15) is 13.2 Å². The molecule has 8 nitrogen and oxygen atoms in total. The summed E-state index contributed by atoms with van der Waals surface area (Å²) >= 11 is 0. The molecule has 184 valence electrons. The fourth-order valence-electron chi connectivity index (χ4n) is 3.64. The Kier molecular flexibility index (Phi) is 7.93. The number of ketones is 1. The van der Waals surface area contributed by atoms with Crippen LogP contribution in [-0.4, -0.2) is 70.4 Å². The van der Waals surface area contributed by atoms with Crippen molar-refractivity contribution in [3.8, 4) is 16.9 Å². The average molecular weight is 483 g/mol. The summed E-state index contributed by atoms with van der Waals surface area (Å²) in [5, 5.41) is 32.5. The molecule has 0 spiro atoms. The summed E-state index contributed by atoms with van der Waals surface area (Å²) in [4.78, 5) is 23.0. The zero-order chi connectivity index (χ0) is 25.0. The van der Waals surface area contributed by atoms with Crippen molar-refractivity contribution in [3.63, 3.8) is 0 Å². The molecule has 0 saturated carbocycles. The van der Waals surface area contributed by atoms with Crippen LogP contribution in [0.3, 0.4) is 0 Å². The lowest BCUT2D eigenvalue weighted by Gasteiger charge is -2.42. The van der Waals surface area contributed by atoms with Gasteiger partial charge in [0.15, 0.2) is 0 Å². The average Bonchev–Trinajstić information content (AvgIpc) is 2.78. The van der Waals surface area contributed by atoms with Crippen LogP contribution in [0.4, 0.5) is 13.2 Å². The molecule has 34 heavy (non-hydrogen) atoms. The van der Waals surface area contributed by atoms with Crippen molar-refractivity contribution in [2.45, 2.75) is 50.2 Å². The first kappa shape index (κ1) is 25.6. The van der Waals surface area contributed by atoms with Gasteiger partial charge in [0.1, 0.15) is 30.1 Å². The number of aliphatic hydroxyl groups excluding tert-OH is 3. The Bertz CT molecular complexity index is 1030. The molecule has 0 unspecified atom stereocenters. The smallest absolute Gasteiger partial charge is 0.450 e. The molecule has 0 bridgehead atoms. The number of hydrogen-bond acceptors (Lipinski definition) is 7. The zero-order valence-corrected chi connectivity index (χ0v) is 18.0. The second kappa shape index (κ2) is 10.5. The normalized spacial score (nSPS) is 25.0. The number of ether oxygens (including phenoxy) is 2. The first-order valence-electron chi connectivity index (χ1n) is 10.4. The number of amides is 1. The van der Waals surface area contributed by atoms with Crippen molar-refractivity contribution in [3.05, 3.63) is 54.1 Å². The Morgan fingerprint density at radius 2 is 1.79 bits per heavy atom. The molecule has 4 N–H and O–H groups in total. The lowest BCUT2D eigenvalue weighted by Crippen LogP contribution is -2.65. The standard InChI is InChI=1S/C23H24F3NO7/c1-12(29)27-19-21(32)20(31)17(11-28)34-22(19)33-16-8-3-2-7-15(16)14-6-4-5-13(9-14)10-18(30)23(24,25)26/h2-9,17,19-22,28,31-32H,10-11H2,1H3,(H,27,29)/t17-,19-,20+,21-,22-/m1/s1. The van der Waals surface area contributed by atoms with Crippen molar-refractivity contribution in [2.24, 2.45) is 0 Å². The van der Waals surface area contributed by atoms with Gasteiger partial charge < -0.3 is 30.1 Å². The molecule has 0 aromatic heterocycles. The molecule has 1 aliphatic heterocycles. The number of carbonyl (C=O) groups excluding carboxylic acids is 2. The minimum absolute atomic E-state index is 0.151. The van der Waals surface area contributed by atoms with Gasteiger partial charge in [-0.25, -0.2) is 0 Å². The fourth-order valence-corrected chi connectivity index (χ4v) is 3.64. The molecule has 1 fully saturated rings. The van der Waals surface area contributed by atoms with E-state index in [1.54, 1.807) is 30.3 Å². The van der Waals surface area contributed by atoms with E-state index in [1.165, 1.54) is 25.1 Å². The number of hydrogen-bond donors (Lipinski definition) is 4. The van der Waals surface area contributed by atoms with E-state index in [2.05, 4.69) is 5.32 Å². The van der Waals surface area contributed by atoms with E-state index < -0.39 is 61.5 Å². The number of para-hydroxylation sites is 1. The Balaban J connectivity index is 1.91. The largest absolute Gasteiger partial charge is 0.462 e. The van der Waals surface area contributed by atoms with Crippen LogP contribution in [0, 0.1) is 0 Å². The van der Waals surface area contributed by atoms with Crippen molar-refractivity contribution in [2.75, 3.05) is 6.61 Å². The van der Waals surface area contributed by atoms with Crippen LogP contribution in [0.2, 0.25) is 0 Å². The van der Waals surface area contributed by atoms with Gasteiger partial charge in [-0.3, -0.25) is 9.59 Å². The highest BCUT2D eigenvalue weighted by Gasteiger charge is 2.46. The third-order valence-electron chi connectivity index (χ3n) is 5.30. The Hall–Kier alpha value is -2.99. The van der Waals surface area contributed by atoms with Gasteiger partial charge in [-0.05, 0) is 17.2 Å². The van der Waals surface area contributed by atoms with Gasteiger partial charge in [0, 0.05) is 18.9 Å². The van der Waals surface area contributed by atoms with Crippen LogP contribution in [0.5, 0.6) is 5.75 Å². The van der Waals surface area contributed by atoms with Gasteiger partial charge in [0.25, 0.3) is 0 Å². The molecule has 1 saturated heterocycles. The number of alkyl halides is 3. The van der Waals surface area contributed by atoms with Gasteiger partial charge in [0.05, 0.1) is 6.61 Å². The van der Waals surface area contributed by atoms with Crippen molar-refractivity contribution in [1.29, 1.82) is 0 Å².